The smallest absolute Gasteiger partial charge is 0.188 e. The number of nitrogens with two attached hydrogens (primary N) is 1. The summed E-state index contributed by atoms with van der Waals surface area (Å²) in [5, 5.41) is 4.52. The SMILES string of the molecule is NC(=NCCc1c[nH]c2ncccc12)NC1CCCCC1. The molecule has 0 atom stereocenters. The average Bonchev–Trinajstić information content (AvgIpc) is 2.92. The van der Waals surface area contributed by atoms with Gasteiger partial charge in [0.2, 0.25) is 0 Å². The monoisotopic (exact) mass is 285 g/mol. The predicted molar refractivity (Wildman–Crippen MR) is 86.3 cm³/mol. The number of pyridine rings is 1. The zero-order chi connectivity index (χ0) is 14.5. The molecule has 0 spiro atoms. The molecular weight excluding hydrogens is 262 g/mol. The number of nitrogens with zero attached hydrogens (tertiary/aromatic N) is 2. The lowest BCUT2D eigenvalue weighted by Gasteiger charge is -2.23. The molecule has 1 fully saturated rings. The molecule has 3 rings (SSSR count). The summed E-state index contributed by atoms with van der Waals surface area (Å²) in [6.07, 6.45) is 11.1. The van der Waals surface area contributed by atoms with Crippen LogP contribution in [0.3, 0.4) is 0 Å². The van der Waals surface area contributed by atoms with Gasteiger partial charge in [0.1, 0.15) is 5.65 Å². The fourth-order valence-corrected chi connectivity index (χ4v) is 3.02. The van der Waals surface area contributed by atoms with Crippen molar-refractivity contribution in [3.8, 4) is 0 Å². The van der Waals surface area contributed by atoms with E-state index in [0.717, 1.165) is 12.1 Å². The summed E-state index contributed by atoms with van der Waals surface area (Å²) in [4.78, 5) is 11.9. The maximum Gasteiger partial charge on any atom is 0.188 e. The molecule has 21 heavy (non-hydrogen) atoms. The molecule has 4 N–H and O–H groups in total. The molecule has 1 saturated carbocycles. The van der Waals surface area contributed by atoms with Crippen LogP contribution in [0.1, 0.15) is 37.7 Å². The molecule has 0 aliphatic heterocycles. The Balaban J connectivity index is 1.53. The third-order valence-corrected chi connectivity index (χ3v) is 4.16. The van der Waals surface area contributed by atoms with Crippen LogP contribution in [-0.4, -0.2) is 28.5 Å². The first kappa shape index (κ1) is 13.9. The first-order valence-corrected chi connectivity index (χ1v) is 7.80. The van der Waals surface area contributed by atoms with E-state index >= 15 is 0 Å². The van der Waals surface area contributed by atoms with Crippen LogP contribution in [0, 0.1) is 0 Å². The maximum absolute atomic E-state index is 5.98. The predicted octanol–water partition coefficient (Wildman–Crippen LogP) is 2.34. The zero-order valence-electron chi connectivity index (χ0n) is 12.3. The van der Waals surface area contributed by atoms with Crippen LogP contribution in [0.25, 0.3) is 11.0 Å². The van der Waals surface area contributed by atoms with Crippen molar-refractivity contribution in [1.29, 1.82) is 0 Å². The van der Waals surface area contributed by atoms with Crippen LogP contribution in [0.2, 0.25) is 0 Å². The zero-order valence-corrected chi connectivity index (χ0v) is 12.3. The summed E-state index contributed by atoms with van der Waals surface area (Å²) in [5.41, 5.74) is 8.15. The highest BCUT2D eigenvalue weighted by Gasteiger charge is 2.13. The minimum atomic E-state index is 0.514. The Morgan fingerprint density at radius 1 is 1.38 bits per heavy atom. The molecule has 5 nitrogen and oxygen atoms in total. The van der Waals surface area contributed by atoms with Gasteiger partial charge < -0.3 is 16.0 Å². The number of guanidine groups is 1. The molecule has 0 aromatic carbocycles. The van der Waals surface area contributed by atoms with Gasteiger partial charge in [0.05, 0.1) is 0 Å². The molecule has 2 aromatic rings. The molecule has 112 valence electrons. The summed E-state index contributed by atoms with van der Waals surface area (Å²) < 4.78 is 0. The standard InChI is InChI=1S/C16H23N5/c17-16(21-13-5-2-1-3-6-13)19-10-8-12-11-20-15-14(12)7-4-9-18-15/h4,7,9,11,13H,1-3,5-6,8,10H2,(H,18,20)(H3,17,19,21). The number of aromatic amines is 1. The average molecular weight is 285 g/mol. The van der Waals surface area contributed by atoms with Gasteiger partial charge in [-0.2, -0.15) is 0 Å². The summed E-state index contributed by atoms with van der Waals surface area (Å²) in [6.45, 7) is 0.702. The highest BCUT2D eigenvalue weighted by Crippen LogP contribution is 2.17. The largest absolute Gasteiger partial charge is 0.370 e. The highest BCUT2D eigenvalue weighted by atomic mass is 15.1. The molecule has 2 aromatic heterocycles. The van der Waals surface area contributed by atoms with Crippen molar-refractivity contribution in [2.24, 2.45) is 10.7 Å². The van der Waals surface area contributed by atoms with Gasteiger partial charge in [0.25, 0.3) is 0 Å². The normalized spacial score (nSPS) is 17.2. The molecule has 1 aliphatic rings. The van der Waals surface area contributed by atoms with E-state index in [9.17, 15) is 0 Å². The second-order valence-corrected chi connectivity index (χ2v) is 5.71. The Kier molecular flexibility index (Phi) is 4.38. The molecule has 0 amide bonds. The van der Waals surface area contributed by atoms with Gasteiger partial charge in [-0.25, -0.2) is 4.98 Å². The van der Waals surface area contributed by atoms with E-state index in [1.807, 2.05) is 12.3 Å². The first-order valence-electron chi connectivity index (χ1n) is 7.80. The summed E-state index contributed by atoms with van der Waals surface area (Å²) in [5.74, 6) is 0.583. The van der Waals surface area contributed by atoms with Crippen LogP contribution in [0.15, 0.2) is 29.5 Å². The number of fused-ring (bicyclic) bond motifs is 1. The molecule has 0 saturated heterocycles. The van der Waals surface area contributed by atoms with Crippen LogP contribution in [-0.2, 0) is 6.42 Å². The van der Waals surface area contributed by atoms with E-state index in [4.69, 9.17) is 5.73 Å². The molecule has 1 aliphatic carbocycles. The van der Waals surface area contributed by atoms with Crippen molar-refractivity contribution in [3.05, 3.63) is 30.1 Å². The number of nitrogens with one attached hydrogen (secondary N) is 2. The number of aliphatic imine (C=N–C) groups is 1. The van der Waals surface area contributed by atoms with E-state index in [0.29, 0.717) is 18.5 Å². The number of hydrogen-bond acceptors (Lipinski definition) is 2. The summed E-state index contributed by atoms with van der Waals surface area (Å²) in [6, 6.07) is 4.56. The van der Waals surface area contributed by atoms with Crippen molar-refractivity contribution < 1.29 is 0 Å². The first-order chi connectivity index (χ1) is 10.3. The minimum absolute atomic E-state index is 0.514. The van der Waals surface area contributed by atoms with Gasteiger partial charge in [-0.05, 0) is 37.0 Å². The Morgan fingerprint density at radius 3 is 3.10 bits per heavy atom. The third kappa shape index (κ3) is 3.54. The Hall–Kier alpha value is -2.04. The maximum atomic E-state index is 5.98. The second kappa shape index (κ2) is 6.61. The molecular formula is C16H23N5. The van der Waals surface area contributed by atoms with Crippen LogP contribution in [0.4, 0.5) is 0 Å². The van der Waals surface area contributed by atoms with Gasteiger partial charge in [-0.3, -0.25) is 4.99 Å². The molecule has 0 radical (unpaired) electrons. The van der Waals surface area contributed by atoms with E-state index in [1.54, 1.807) is 6.20 Å². The Bertz CT molecular complexity index is 610. The third-order valence-electron chi connectivity index (χ3n) is 4.16. The van der Waals surface area contributed by atoms with Crippen molar-refractivity contribution in [1.82, 2.24) is 15.3 Å². The number of H-pyrrole nitrogens is 1. The van der Waals surface area contributed by atoms with Gasteiger partial charge in [-0.15, -0.1) is 0 Å². The summed E-state index contributed by atoms with van der Waals surface area (Å²) >= 11 is 0. The number of rotatable bonds is 4. The van der Waals surface area contributed by atoms with Crippen molar-refractivity contribution >= 4 is 17.0 Å². The van der Waals surface area contributed by atoms with Crippen molar-refractivity contribution in [3.63, 3.8) is 0 Å². The fourth-order valence-electron chi connectivity index (χ4n) is 3.02. The van der Waals surface area contributed by atoms with E-state index in [-0.39, 0.29) is 0 Å². The topological polar surface area (TPSA) is 79.1 Å². The Labute approximate surface area is 125 Å². The van der Waals surface area contributed by atoms with Crippen molar-refractivity contribution in [2.75, 3.05) is 6.54 Å². The molecule has 2 heterocycles. The Morgan fingerprint density at radius 2 is 2.24 bits per heavy atom. The lowest BCUT2D eigenvalue weighted by atomic mass is 9.96. The van der Waals surface area contributed by atoms with E-state index < -0.39 is 0 Å². The van der Waals surface area contributed by atoms with Crippen LogP contribution in [0.5, 0.6) is 0 Å². The van der Waals surface area contributed by atoms with Crippen LogP contribution >= 0.6 is 0 Å². The molecule has 0 bridgehead atoms. The highest BCUT2D eigenvalue weighted by molar-refractivity contribution is 5.80. The van der Waals surface area contributed by atoms with Crippen LogP contribution < -0.4 is 11.1 Å². The molecule has 0 unspecified atom stereocenters. The van der Waals surface area contributed by atoms with E-state index in [2.05, 4.69) is 26.3 Å². The number of hydrogen-bond donors (Lipinski definition) is 3. The van der Waals surface area contributed by atoms with Gasteiger partial charge in [-0.1, -0.05) is 19.3 Å². The van der Waals surface area contributed by atoms with Crippen molar-refractivity contribution in [2.45, 2.75) is 44.6 Å². The summed E-state index contributed by atoms with van der Waals surface area (Å²) in [7, 11) is 0. The van der Waals surface area contributed by atoms with Gasteiger partial charge in [0.15, 0.2) is 5.96 Å². The lowest BCUT2D eigenvalue weighted by molar-refractivity contribution is 0.412. The van der Waals surface area contributed by atoms with Gasteiger partial charge >= 0.3 is 0 Å². The quantitative estimate of drug-likeness (QED) is 0.596. The number of aromatic nitrogens is 2. The fraction of sp³-hybridized carbons (Fsp3) is 0.500. The second-order valence-electron chi connectivity index (χ2n) is 5.71. The van der Waals surface area contributed by atoms with Gasteiger partial charge in [0, 0.05) is 30.4 Å². The lowest BCUT2D eigenvalue weighted by Crippen LogP contribution is -2.41. The van der Waals surface area contributed by atoms with E-state index in [1.165, 1.54) is 43.1 Å². The molecule has 5 heteroatoms. The minimum Gasteiger partial charge on any atom is -0.370 e.